The van der Waals surface area contributed by atoms with Gasteiger partial charge in [-0.15, -0.1) is 0 Å². The Morgan fingerprint density at radius 3 is 2.77 bits per heavy atom. The third-order valence-electron chi connectivity index (χ3n) is 5.31. The standard InChI is InChI=1S/C18H24N6O2/c1-22-7-3-4-13-16(22)20-18(21-17(13)26)24-10-8-23(9-11-24)12-14-15(25)5-2-6-19-14/h2,5-6,13,25H,3-4,7-12H2,1H3. The lowest BCUT2D eigenvalue weighted by Gasteiger charge is -2.38. The molecule has 8 heteroatoms. The topological polar surface area (TPSA) is 84.6 Å². The molecule has 3 aliphatic heterocycles. The summed E-state index contributed by atoms with van der Waals surface area (Å²) in [5, 5.41) is 9.88. The van der Waals surface area contributed by atoms with Crippen LogP contribution in [0, 0.1) is 5.92 Å². The van der Waals surface area contributed by atoms with E-state index in [0.29, 0.717) is 18.2 Å². The summed E-state index contributed by atoms with van der Waals surface area (Å²) in [6, 6.07) is 3.39. The summed E-state index contributed by atoms with van der Waals surface area (Å²) in [5.41, 5.74) is 0.693. The van der Waals surface area contributed by atoms with Crippen LogP contribution in [0.15, 0.2) is 28.3 Å². The minimum Gasteiger partial charge on any atom is -0.506 e. The number of piperidine rings is 1. The number of carbonyl (C=O) groups excluding carboxylic acids is 1. The normalized spacial score (nSPS) is 24.2. The first-order valence-corrected chi connectivity index (χ1v) is 9.14. The molecule has 0 spiro atoms. The number of rotatable bonds is 2. The average molecular weight is 356 g/mol. The van der Waals surface area contributed by atoms with Crippen LogP contribution >= 0.6 is 0 Å². The Morgan fingerprint density at radius 1 is 1.19 bits per heavy atom. The Hall–Kier alpha value is -2.48. The van der Waals surface area contributed by atoms with Crippen molar-refractivity contribution in [1.82, 2.24) is 19.7 Å². The fourth-order valence-electron chi connectivity index (χ4n) is 3.75. The van der Waals surface area contributed by atoms with Crippen LogP contribution in [0.4, 0.5) is 0 Å². The van der Waals surface area contributed by atoms with Gasteiger partial charge in [-0.3, -0.25) is 14.7 Å². The van der Waals surface area contributed by atoms with Gasteiger partial charge in [-0.2, -0.15) is 9.98 Å². The van der Waals surface area contributed by atoms with Crippen molar-refractivity contribution in [3.63, 3.8) is 0 Å². The van der Waals surface area contributed by atoms with Crippen LogP contribution in [-0.2, 0) is 11.3 Å². The number of aromatic nitrogens is 1. The van der Waals surface area contributed by atoms with E-state index in [1.807, 2.05) is 7.05 Å². The first-order valence-electron chi connectivity index (χ1n) is 9.14. The lowest BCUT2D eigenvalue weighted by atomic mass is 9.95. The molecule has 0 aromatic carbocycles. The summed E-state index contributed by atoms with van der Waals surface area (Å²) < 4.78 is 0. The molecule has 1 aromatic heterocycles. The van der Waals surface area contributed by atoms with Crippen LogP contribution in [0.5, 0.6) is 5.75 Å². The number of aromatic hydroxyl groups is 1. The monoisotopic (exact) mass is 356 g/mol. The zero-order valence-corrected chi connectivity index (χ0v) is 15.0. The van der Waals surface area contributed by atoms with Crippen molar-refractivity contribution in [3.05, 3.63) is 24.0 Å². The summed E-state index contributed by atoms with van der Waals surface area (Å²) >= 11 is 0. The van der Waals surface area contributed by atoms with Crippen molar-refractivity contribution < 1.29 is 9.90 Å². The molecule has 8 nitrogen and oxygen atoms in total. The molecule has 1 amide bonds. The maximum Gasteiger partial charge on any atom is 0.259 e. The number of likely N-dealkylation sites (tertiary alicyclic amines) is 1. The number of fused-ring (bicyclic) bond motifs is 1. The van der Waals surface area contributed by atoms with Crippen molar-refractivity contribution >= 4 is 17.7 Å². The number of amides is 1. The van der Waals surface area contributed by atoms with Crippen molar-refractivity contribution in [2.45, 2.75) is 19.4 Å². The van der Waals surface area contributed by atoms with Gasteiger partial charge in [0, 0.05) is 52.5 Å². The highest BCUT2D eigenvalue weighted by Crippen LogP contribution is 2.24. The zero-order valence-electron chi connectivity index (χ0n) is 15.0. The van der Waals surface area contributed by atoms with E-state index in [4.69, 9.17) is 4.99 Å². The minimum atomic E-state index is -0.161. The summed E-state index contributed by atoms with van der Waals surface area (Å²) in [4.78, 5) is 32.0. The Balaban J connectivity index is 1.40. The molecule has 3 aliphatic rings. The van der Waals surface area contributed by atoms with Gasteiger partial charge in [-0.1, -0.05) is 0 Å². The second kappa shape index (κ2) is 7.03. The molecule has 2 saturated heterocycles. The summed E-state index contributed by atoms with van der Waals surface area (Å²) in [6.45, 7) is 4.69. The highest BCUT2D eigenvalue weighted by molar-refractivity contribution is 6.14. The predicted octanol–water partition coefficient (Wildman–Crippen LogP) is 0.541. The summed E-state index contributed by atoms with van der Waals surface area (Å²) in [6.07, 6.45) is 3.55. The molecule has 138 valence electrons. The third-order valence-corrected chi connectivity index (χ3v) is 5.31. The molecular formula is C18H24N6O2. The van der Waals surface area contributed by atoms with E-state index >= 15 is 0 Å². The van der Waals surface area contributed by atoms with E-state index in [0.717, 1.165) is 51.4 Å². The quantitative estimate of drug-likeness (QED) is 0.833. The molecule has 2 fully saturated rings. The van der Waals surface area contributed by atoms with Crippen LogP contribution in [0.1, 0.15) is 18.5 Å². The van der Waals surface area contributed by atoms with Gasteiger partial charge < -0.3 is 14.9 Å². The van der Waals surface area contributed by atoms with Crippen molar-refractivity contribution in [2.75, 3.05) is 39.8 Å². The van der Waals surface area contributed by atoms with E-state index in [-0.39, 0.29) is 17.6 Å². The van der Waals surface area contributed by atoms with E-state index in [1.165, 1.54) is 0 Å². The molecule has 0 saturated carbocycles. The molecule has 0 bridgehead atoms. The number of hydrogen-bond acceptors (Lipinski definition) is 7. The van der Waals surface area contributed by atoms with Gasteiger partial charge in [-0.25, -0.2) is 0 Å². The van der Waals surface area contributed by atoms with Crippen molar-refractivity contribution in [3.8, 4) is 5.75 Å². The van der Waals surface area contributed by atoms with E-state index in [2.05, 4.69) is 24.7 Å². The number of hydrogen-bond donors (Lipinski definition) is 1. The van der Waals surface area contributed by atoms with Gasteiger partial charge in [0.15, 0.2) is 0 Å². The molecular weight excluding hydrogens is 332 g/mol. The van der Waals surface area contributed by atoms with E-state index in [1.54, 1.807) is 18.3 Å². The van der Waals surface area contributed by atoms with E-state index in [9.17, 15) is 9.90 Å². The lowest BCUT2D eigenvalue weighted by molar-refractivity contribution is -0.120. The first-order chi connectivity index (χ1) is 12.6. The van der Waals surface area contributed by atoms with Gasteiger partial charge in [-0.05, 0) is 25.0 Å². The molecule has 26 heavy (non-hydrogen) atoms. The second-order valence-electron chi connectivity index (χ2n) is 7.07. The smallest absolute Gasteiger partial charge is 0.259 e. The number of carbonyl (C=O) groups is 1. The van der Waals surface area contributed by atoms with Gasteiger partial charge >= 0.3 is 0 Å². The predicted molar refractivity (Wildman–Crippen MR) is 98.0 cm³/mol. The Kier molecular flexibility index (Phi) is 4.58. The number of amidine groups is 1. The number of pyridine rings is 1. The highest BCUT2D eigenvalue weighted by Gasteiger charge is 2.35. The maximum absolute atomic E-state index is 12.4. The summed E-state index contributed by atoms with van der Waals surface area (Å²) in [5.74, 6) is 1.43. The Morgan fingerprint density at radius 2 is 2.00 bits per heavy atom. The number of nitrogens with zero attached hydrogens (tertiary/aromatic N) is 6. The van der Waals surface area contributed by atoms with Crippen LogP contribution in [0.2, 0.25) is 0 Å². The first kappa shape index (κ1) is 17.0. The second-order valence-corrected chi connectivity index (χ2v) is 7.07. The summed E-state index contributed by atoms with van der Waals surface area (Å²) in [7, 11) is 2.00. The maximum atomic E-state index is 12.4. The third kappa shape index (κ3) is 3.29. The van der Waals surface area contributed by atoms with Crippen LogP contribution in [0.3, 0.4) is 0 Å². The lowest BCUT2D eigenvalue weighted by Crippen LogP contribution is -2.51. The van der Waals surface area contributed by atoms with Crippen LogP contribution < -0.4 is 0 Å². The fraction of sp³-hybridized carbons (Fsp3) is 0.556. The molecule has 1 unspecified atom stereocenters. The number of guanidine groups is 1. The molecule has 0 radical (unpaired) electrons. The van der Waals surface area contributed by atoms with Crippen LogP contribution in [0.25, 0.3) is 0 Å². The largest absolute Gasteiger partial charge is 0.506 e. The van der Waals surface area contributed by atoms with Crippen LogP contribution in [-0.4, -0.2) is 82.3 Å². The zero-order chi connectivity index (χ0) is 18.1. The van der Waals surface area contributed by atoms with Gasteiger partial charge in [0.05, 0.1) is 11.6 Å². The molecule has 4 rings (SSSR count). The van der Waals surface area contributed by atoms with E-state index < -0.39 is 0 Å². The fourth-order valence-corrected chi connectivity index (χ4v) is 3.75. The van der Waals surface area contributed by atoms with Crippen molar-refractivity contribution in [1.29, 1.82) is 0 Å². The average Bonchev–Trinajstić information content (AvgIpc) is 2.65. The Bertz CT molecular complexity index is 754. The molecule has 4 heterocycles. The molecule has 0 aliphatic carbocycles. The van der Waals surface area contributed by atoms with Crippen molar-refractivity contribution in [2.24, 2.45) is 15.9 Å². The highest BCUT2D eigenvalue weighted by atomic mass is 16.3. The van der Waals surface area contributed by atoms with Gasteiger partial charge in [0.25, 0.3) is 5.91 Å². The number of aliphatic imine (C=N–C) groups is 2. The molecule has 1 aromatic rings. The molecule has 1 atom stereocenters. The minimum absolute atomic E-state index is 0.0580. The SMILES string of the molecule is CN1CCCC2C(=O)N=C(N3CCN(Cc4ncccc4O)CC3)N=C21. The van der Waals surface area contributed by atoms with Gasteiger partial charge in [0.1, 0.15) is 11.6 Å². The molecule has 1 N–H and O–H groups in total. The van der Waals surface area contributed by atoms with Gasteiger partial charge in [0.2, 0.25) is 5.96 Å². The number of piperazine rings is 1. The Labute approximate surface area is 152 Å².